The van der Waals surface area contributed by atoms with E-state index in [0.717, 1.165) is 5.56 Å². The number of amides is 3. The summed E-state index contributed by atoms with van der Waals surface area (Å²) in [6.07, 6.45) is 0.362. The summed E-state index contributed by atoms with van der Waals surface area (Å²) in [5, 5.41) is 8.57. The zero-order valence-electron chi connectivity index (χ0n) is 18.1. The monoisotopic (exact) mass is 426 g/mol. The van der Waals surface area contributed by atoms with Gasteiger partial charge in [-0.15, -0.1) is 0 Å². The molecular weight excluding hydrogens is 399 g/mol. The molecule has 1 aliphatic rings. The van der Waals surface area contributed by atoms with Crippen LogP contribution in [0.15, 0.2) is 53.6 Å². The van der Waals surface area contributed by atoms with E-state index < -0.39 is 11.9 Å². The maximum atomic E-state index is 14.4. The van der Waals surface area contributed by atoms with Crippen LogP contribution in [0.1, 0.15) is 37.4 Å². The molecule has 0 saturated carbocycles. The summed E-state index contributed by atoms with van der Waals surface area (Å²) in [6.45, 7) is 3.54. The van der Waals surface area contributed by atoms with Gasteiger partial charge in [0, 0.05) is 25.1 Å². The number of methoxy groups -OCH3 is 1. The highest BCUT2D eigenvalue weighted by Crippen LogP contribution is 2.34. The molecule has 0 spiro atoms. The summed E-state index contributed by atoms with van der Waals surface area (Å²) in [6, 6.07) is 12.9. The Kier molecular flexibility index (Phi) is 6.89. The Hall–Kier alpha value is -3.42. The van der Waals surface area contributed by atoms with Crippen LogP contribution in [0.4, 0.5) is 9.18 Å². The number of hydrazone groups is 1. The van der Waals surface area contributed by atoms with Gasteiger partial charge in [-0.2, -0.15) is 5.10 Å². The maximum Gasteiger partial charge on any atom is 0.317 e. The number of hydrogen-bond donors (Lipinski definition) is 1. The Morgan fingerprint density at radius 1 is 1.23 bits per heavy atom. The van der Waals surface area contributed by atoms with Gasteiger partial charge in [0.05, 0.1) is 18.9 Å². The number of carbonyl (C=O) groups excluding carboxylic acids is 2. The molecule has 0 aromatic heterocycles. The normalized spacial score (nSPS) is 15.6. The largest absolute Gasteiger partial charge is 0.497 e. The molecule has 0 fully saturated rings. The fourth-order valence-electron chi connectivity index (χ4n) is 3.39. The molecule has 0 bridgehead atoms. The molecule has 1 atom stereocenters. The molecule has 1 unspecified atom stereocenters. The van der Waals surface area contributed by atoms with Crippen molar-refractivity contribution in [3.63, 3.8) is 0 Å². The number of likely N-dealkylation sites (N-methyl/N-ethyl adjacent to an activating group) is 1. The summed E-state index contributed by atoms with van der Waals surface area (Å²) in [7, 11) is 3.13. The third kappa shape index (κ3) is 5.20. The van der Waals surface area contributed by atoms with E-state index in [1.165, 1.54) is 16.0 Å². The molecule has 0 aliphatic carbocycles. The van der Waals surface area contributed by atoms with Crippen LogP contribution in [0.5, 0.6) is 5.75 Å². The van der Waals surface area contributed by atoms with Crippen LogP contribution in [-0.4, -0.2) is 54.3 Å². The van der Waals surface area contributed by atoms with Crippen molar-refractivity contribution in [3.05, 3.63) is 65.5 Å². The van der Waals surface area contributed by atoms with E-state index in [1.807, 2.05) is 26.0 Å². The van der Waals surface area contributed by atoms with Gasteiger partial charge in [-0.25, -0.2) is 14.2 Å². The highest BCUT2D eigenvalue weighted by Gasteiger charge is 2.34. The quantitative estimate of drug-likeness (QED) is 0.768. The van der Waals surface area contributed by atoms with Crippen molar-refractivity contribution in [2.75, 3.05) is 20.7 Å². The first-order valence-corrected chi connectivity index (χ1v) is 10.1. The Morgan fingerprint density at radius 2 is 1.90 bits per heavy atom. The number of urea groups is 1. The van der Waals surface area contributed by atoms with Gasteiger partial charge in [-0.1, -0.05) is 30.3 Å². The van der Waals surface area contributed by atoms with E-state index in [0.29, 0.717) is 23.4 Å². The molecule has 2 aromatic carbocycles. The number of carbonyl (C=O) groups is 2. The van der Waals surface area contributed by atoms with Gasteiger partial charge in [-0.05, 0) is 37.6 Å². The number of rotatable bonds is 6. The van der Waals surface area contributed by atoms with Crippen LogP contribution in [0.25, 0.3) is 0 Å². The lowest BCUT2D eigenvalue weighted by molar-refractivity contribution is -0.133. The van der Waals surface area contributed by atoms with Crippen molar-refractivity contribution in [1.29, 1.82) is 0 Å². The second kappa shape index (κ2) is 9.59. The fraction of sp³-hybridized carbons (Fsp3) is 0.348. The van der Waals surface area contributed by atoms with E-state index in [9.17, 15) is 14.0 Å². The molecule has 3 rings (SSSR count). The van der Waals surface area contributed by atoms with Gasteiger partial charge in [0.2, 0.25) is 0 Å². The maximum absolute atomic E-state index is 14.4. The Balaban J connectivity index is 1.88. The number of benzene rings is 2. The van der Waals surface area contributed by atoms with Gasteiger partial charge in [0.25, 0.3) is 5.91 Å². The molecule has 164 valence electrons. The van der Waals surface area contributed by atoms with E-state index >= 15 is 0 Å². The number of nitrogens with one attached hydrogen (secondary N) is 1. The highest BCUT2D eigenvalue weighted by atomic mass is 19.1. The van der Waals surface area contributed by atoms with Crippen LogP contribution < -0.4 is 10.1 Å². The molecule has 2 aromatic rings. The third-order valence-electron chi connectivity index (χ3n) is 4.98. The third-order valence-corrected chi connectivity index (χ3v) is 4.98. The fourth-order valence-corrected chi connectivity index (χ4v) is 3.39. The number of halogens is 1. The average Bonchev–Trinajstić information content (AvgIpc) is 3.19. The second-order valence-corrected chi connectivity index (χ2v) is 7.72. The lowest BCUT2D eigenvalue weighted by Gasteiger charge is -2.25. The van der Waals surface area contributed by atoms with E-state index in [1.54, 1.807) is 44.5 Å². The van der Waals surface area contributed by atoms with Crippen molar-refractivity contribution in [1.82, 2.24) is 15.2 Å². The molecule has 3 amide bonds. The summed E-state index contributed by atoms with van der Waals surface area (Å²) in [4.78, 5) is 26.6. The van der Waals surface area contributed by atoms with E-state index in [2.05, 4.69) is 10.4 Å². The second-order valence-electron chi connectivity index (χ2n) is 7.72. The van der Waals surface area contributed by atoms with Gasteiger partial charge < -0.3 is 15.0 Å². The van der Waals surface area contributed by atoms with Crippen molar-refractivity contribution in [2.45, 2.75) is 32.4 Å². The number of hydrogen-bond acceptors (Lipinski definition) is 4. The first-order chi connectivity index (χ1) is 14.8. The van der Waals surface area contributed by atoms with Gasteiger partial charge >= 0.3 is 6.03 Å². The molecule has 0 radical (unpaired) electrons. The molecule has 1 heterocycles. The van der Waals surface area contributed by atoms with Crippen LogP contribution >= 0.6 is 0 Å². The Labute approximate surface area is 181 Å². The van der Waals surface area contributed by atoms with Crippen LogP contribution in [0.2, 0.25) is 0 Å². The van der Waals surface area contributed by atoms with Crippen molar-refractivity contribution >= 4 is 17.6 Å². The molecule has 1 aliphatic heterocycles. The first-order valence-electron chi connectivity index (χ1n) is 10.1. The van der Waals surface area contributed by atoms with Crippen molar-refractivity contribution in [2.24, 2.45) is 5.10 Å². The number of nitrogens with zero attached hydrogens (tertiary/aromatic N) is 3. The summed E-state index contributed by atoms with van der Waals surface area (Å²) < 4.78 is 19.6. The van der Waals surface area contributed by atoms with Crippen molar-refractivity contribution in [3.8, 4) is 5.75 Å². The Morgan fingerprint density at radius 3 is 2.52 bits per heavy atom. The lowest BCUT2D eigenvalue weighted by Crippen LogP contribution is -2.45. The molecule has 0 saturated heterocycles. The molecule has 31 heavy (non-hydrogen) atoms. The SMILES string of the molecule is COc1ccc(C2CC(c3ccccc3F)=NN2C(=O)CN(C)C(=O)NC(C)C)cc1. The predicted octanol–water partition coefficient (Wildman–Crippen LogP) is 3.56. The molecule has 8 heteroatoms. The minimum Gasteiger partial charge on any atom is -0.497 e. The Bertz CT molecular complexity index is 975. The molecule has 1 N–H and O–H groups in total. The smallest absolute Gasteiger partial charge is 0.317 e. The first kappa shape index (κ1) is 22.3. The van der Waals surface area contributed by atoms with Gasteiger partial charge in [0.1, 0.15) is 18.1 Å². The van der Waals surface area contributed by atoms with Gasteiger partial charge in [0.15, 0.2) is 0 Å². The summed E-state index contributed by atoms with van der Waals surface area (Å²) in [5.41, 5.74) is 1.70. The lowest BCUT2D eigenvalue weighted by atomic mass is 9.98. The zero-order valence-corrected chi connectivity index (χ0v) is 18.1. The zero-order chi connectivity index (χ0) is 22.5. The van der Waals surface area contributed by atoms with Crippen LogP contribution in [-0.2, 0) is 4.79 Å². The minimum atomic E-state index is -0.408. The molecular formula is C23H27FN4O3. The minimum absolute atomic E-state index is 0.0467. The van der Waals surface area contributed by atoms with Gasteiger partial charge in [-0.3, -0.25) is 4.79 Å². The average molecular weight is 426 g/mol. The summed E-state index contributed by atoms with van der Waals surface area (Å²) >= 11 is 0. The highest BCUT2D eigenvalue weighted by molar-refractivity contribution is 6.03. The predicted molar refractivity (Wildman–Crippen MR) is 116 cm³/mol. The number of ether oxygens (including phenoxy) is 1. The van der Waals surface area contributed by atoms with E-state index in [4.69, 9.17) is 4.74 Å². The standard InChI is InChI=1S/C23H27FN4O3/c1-15(2)25-23(30)27(3)14-22(29)28-21(16-9-11-17(31-4)12-10-16)13-20(26-28)18-7-5-6-8-19(18)24/h5-12,15,21H,13-14H2,1-4H3,(H,25,30). The summed E-state index contributed by atoms with van der Waals surface area (Å²) in [5.74, 6) is -0.0500. The molecule has 7 nitrogen and oxygen atoms in total. The van der Waals surface area contributed by atoms with Crippen molar-refractivity contribution < 1.29 is 18.7 Å². The topological polar surface area (TPSA) is 74.2 Å². The van der Waals surface area contributed by atoms with Crippen LogP contribution in [0, 0.1) is 5.82 Å². The van der Waals surface area contributed by atoms with E-state index in [-0.39, 0.29) is 24.5 Å². The van der Waals surface area contributed by atoms with Crippen LogP contribution in [0.3, 0.4) is 0 Å².